The van der Waals surface area contributed by atoms with Crippen molar-refractivity contribution in [3.05, 3.63) is 27.3 Å². The van der Waals surface area contributed by atoms with Gasteiger partial charge >= 0.3 is 0 Å². The summed E-state index contributed by atoms with van der Waals surface area (Å²) in [6.07, 6.45) is 0. The third kappa shape index (κ3) is 3.34. The first kappa shape index (κ1) is 12.8. The first-order valence-electron chi connectivity index (χ1n) is 4.60. The van der Waals surface area contributed by atoms with Crippen LogP contribution in [0.2, 0.25) is 0 Å². The largest absolute Gasteiger partial charge is 0.283 e. The molecular weight excluding hydrogens is 325 g/mol. The van der Waals surface area contributed by atoms with Crippen LogP contribution in [0.15, 0.2) is 18.2 Å². The summed E-state index contributed by atoms with van der Waals surface area (Å²) in [5.74, 6) is 0. The smallest absolute Gasteiger partial charge is 0.235 e. The highest BCUT2D eigenvalue weighted by molar-refractivity contribution is 14.1. The Hall–Kier alpha value is -0.300. The van der Waals surface area contributed by atoms with Crippen molar-refractivity contribution < 1.29 is 8.42 Å². The predicted molar refractivity (Wildman–Crippen MR) is 71.6 cm³/mol. The SMILES string of the molecule is Cc1cc(NS(=O)(=O)C(C)C)ccc1I. The number of benzene rings is 1. The van der Waals surface area contributed by atoms with E-state index in [0.29, 0.717) is 5.69 Å². The van der Waals surface area contributed by atoms with Gasteiger partial charge < -0.3 is 0 Å². The van der Waals surface area contributed by atoms with Crippen molar-refractivity contribution in [2.24, 2.45) is 0 Å². The van der Waals surface area contributed by atoms with Gasteiger partial charge in [0.15, 0.2) is 0 Å². The Kier molecular flexibility index (Phi) is 3.99. The Bertz CT molecular complexity index is 454. The molecule has 0 heterocycles. The zero-order valence-corrected chi connectivity index (χ0v) is 11.9. The van der Waals surface area contributed by atoms with Crippen molar-refractivity contribution in [2.45, 2.75) is 26.0 Å². The van der Waals surface area contributed by atoms with Crippen LogP contribution in [0, 0.1) is 10.5 Å². The second-order valence-electron chi connectivity index (χ2n) is 3.66. The zero-order chi connectivity index (χ0) is 11.6. The van der Waals surface area contributed by atoms with Gasteiger partial charge in [0.2, 0.25) is 10.0 Å². The molecule has 0 aliphatic rings. The second kappa shape index (κ2) is 4.69. The highest BCUT2D eigenvalue weighted by Crippen LogP contribution is 2.18. The lowest BCUT2D eigenvalue weighted by molar-refractivity contribution is 0.593. The Labute approximate surface area is 104 Å². The molecule has 0 saturated heterocycles. The summed E-state index contributed by atoms with van der Waals surface area (Å²) in [6.45, 7) is 5.26. The maximum atomic E-state index is 11.6. The Morgan fingerprint density at radius 1 is 1.33 bits per heavy atom. The summed E-state index contributed by atoms with van der Waals surface area (Å²) in [4.78, 5) is 0. The van der Waals surface area contributed by atoms with E-state index < -0.39 is 15.3 Å². The molecule has 0 aliphatic carbocycles. The fourth-order valence-corrected chi connectivity index (χ4v) is 2.02. The molecule has 1 N–H and O–H groups in total. The summed E-state index contributed by atoms with van der Waals surface area (Å²) >= 11 is 2.21. The van der Waals surface area contributed by atoms with Crippen molar-refractivity contribution >= 4 is 38.3 Å². The Morgan fingerprint density at radius 2 is 1.93 bits per heavy atom. The van der Waals surface area contributed by atoms with E-state index in [-0.39, 0.29) is 0 Å². The van der Waals surface area contributed by atoms with E-state index in [2.05, 4.69) is 27.3 Å². The molecule has 0 spiro atoms. The van der Waals surface area contributed by atoms with E-state index in [0.717, 1.165) is 9.13 Å². The van der Waals surface area contributed by atoms with Crippen LogP contribution in [0.4, 0.5) is 5.69 Å². The summed E-state index contributed by atoms with van der Waals surface area (Å²) in [6, 6.07) is 5.50. The van der Waals surface area contributed by atoms with Gasteiger partial charge in [0.25, 0.3) is 0 Å². The molecule has 15 heavy (non-hydrogen) atoms. The lowest BCUT2D eigenvalue weighted by atomic mass is 10.2. The van der Waals surface area contributed by atoms with E-state index in [4.69, 9.17) is 0 Å². The molecule has 1 aromatic carbocycles. The van der Waals surface area contributed by atoms with Crippen LogP contribution in [0.5, 0.6) is 0 Å². The average Bonchev–Trinajstić information content (AvgIpc) is 2.10. The van der Waals surface area contributed by atoms with Crippen LogP contribution < -0.4 is 4.72 Å². The lowest BCUT2D eigenvalue weighted by Crippen LogP contribution is -2.22. The third-order valence-electron chi connectivity index (χ3n) is 2.04. The Balaban J connectivity index is 2.96. The van der Waals surface area contributed by atoms with Crippen LogP contribution in [-0.4, -0.2) is 13.7 Å². The fourth-order valence-electron chi connectivity index (χ4n) is 0.990. The molecule has 3 nitrogen and oxygen atoms in total. The van der Waals surface area contributed by atoms with Crippen LogP contribution in [0.25, 0.3) is 0 Å². The van der Waals surface area contributed by atoms with Gasteiger partial charge in [-0.05, 0) is 67.1 Å². The molecule has 0 radical (unpaired) electrons. The van der Waals surface area contributed by atoms with E-state index >= 15 is 0 Å². The molecule has 1 rings (SSSR count). The van der Waals surface area contributed by atoms with E-state index in [1.54, 1.807) is 19.9 Å². The van der Waals surface area contributed by atoms with Gasteiger partial charge in [0.1, 0.15) is 0 Å². The topological polar surface area (TPSA) is 46.2 Å². The maximum Gasteiger partial charge on any atom is 0.235 e. The molecule has 1 aromatic rings. The normalized spacial score (nSPS) is 11.8. The summed E-state index contributed by atoms with van der Waals surface area (Å²) in [5, 5.41) is -0.419. The number of sulfonamides is 1. The summed E-state index contributed by atoms with van der Waals surface area (Å²) in [5.41, 5.74) is 1.70. The van der Waals surface area contributed by atoms with Crippen molar-refractivity contribution in [3.8, 4) is 0 Å². The van der Waals surface area contributed by atoms with Crippen molar-refractivity contribution in [3.63, 3.8) is 0 Å². The molecule has 0 aromatic heterocycles. The lowest BCUT2D eigenvalue weighted by Gasteiger charge is -2.11. The number of hydrogen-bond acceptors (Lipinski definition) is 2. The highest BCUT2D eigenvalue weighted by atomic mass is 127. The molecule has 0 amide bonds. The number of rotatable bonds is 3. The fraction of sp³-hybridized carbons (Fsp3) is 0.400. The van der Waals surface area contributed by atoms with Crippen LogP contribution in [0.3, 0.4) is 0 Å². The summed E-state index contributed by atoms with van der Waals surface area (Å²) in [7, 11) is -3.23. The van der Waals surface area contributed by atoms with Crippen LogP contribution >= 0.6 is 22.6 Å². The quantitative estimate of drug-likeness (QED) is 0.861. The molecule has 0 saturated carbocycles. The molecule has 0 unspecified atom stereocenters. The summed E-state index contributed by atoms with van der Waals surface area (Å²) < 4.78 is 26.8. The minimum atomic E-state index is -3.23. The zero-order valence-electron chi connectivity index (χ0n) is 8.91. The van der Waals surface area contributed by atoms with Gasteiger partial charge in [-0.1, -0.05) is 0 Å². The number of hydrogen-bond donors (Lipinski definition) is 1. The molecule has 0 bridgehead atoms. The maximum absolute atomic E-state index is 11.6. The molecular formula is C10H14INO2S. The van der Waals surface area contributed by atoms with Gasteiger partial charge in [0, 0.05) is 9.26 Å². The molecule has 0 fully saturated rings. The predicted octanol–water partition coefficient (Wildman–Crippen LogP) is 2.75. The van der Waals surface area contributed by atoms with Gasteiger partial charge in [-0.15, -0.1) is 0 Å². The minimum Gasteiger partial charge on any atom is -0.283 e. The number of halogens is 1. The average molecular weight is 339 g/mol. The standard InChI is InChI=1S/C10H14INO2S/c1-7(2)15(13,14)12-9-4-5-10(11)8(3)6-9/h4-7,12H,1-3H3. The van der Waals surface area contributed by atoms with Crippen molar-refractivity contribution in [2.75, 3.05) is 4.72 Å². The minimum absolute atomic E-state index is 0.419. The molecule has 0 aliphatic heterocycles. The van der Waals surface area contributed by atoms with Crippen molar-refractivity contribution in [1.29, 1.82) is 0 Å². The van der Waals surface area contributed by atoms with Gasteiger partial charge in [0.05, 0.1) is 5.25 Å². The molecule has 5 heteroatoms. The first-order chi connectivity index (χ1) is 6.83. The molecule has 0 atom stereocenters. The number of nitrogens with one attached hydrogen (secondary N) is 1. The van der Waals surface area contributed by atoms with Gasteiger partial charge in [-0.2, -0.15) is 0 Å². The second-order valence-corrected chi connectivity index (χ2v) is 7.06. The van der Waals surface area contributed by atoms with Crippen molar-refractivity contribution in [1.82, 2.24) is 0 Å². The van der Waals surface area contributed by atoms with Gasteiger partial charge in [-0.25, -0.2) is 8.42 Å². The van der Waals surface area contributed by atoms with Gasteiger partial charge in [-0.3, -0.25) is 4.72 Å². The molecule has 84 valence electrons. The highest BCUT2D eigenvalue weighted by Gasteiger charge is 2.15. The van der Waals surface area contributed by atoms with E-state index in [1.807, 2.05) is 19.1 Å². The third-order valence-corrected chi connectivity index (χ3v) is 5.01. The van der Waals surface area contributed by atoms with Crippen LogP contribution in [-0.2, 0) is 10.0 Å². The number of anilines is 1. The monoisotopic (exact) mass is 339 g/mol. The van der Waals surface area contributed by atoms with E-state index in [1.165, 1.54) is 0 Å². The van der Waals surface area contributed by atoms with E-state index in [9.17, 15) is 8.42 Å². The Morgan fingerprint density at radius 3 is 2.40 bits per heavy atom. The number of aryl methyl sites for hydroxylation is 1. The van der Waals surface area contributed by atoms with Crippen LogP contribution in [0.1, 0.15) is 19.4 Å². The first-order valence-corrected chi connectivity index (χ1v) is 7.23.